The van der Waals surface area contributed by atoms with E-state index in [0.717, 1.165) is 18.4 Å². The number of carbonyl (C=O) groups is 4. The van der Waals surface area contributed by atoms with E-state index in [-0.39, 0.29) is 55.2 Å². The Morgan fingerprint density at radius 2 is 1.82 bits per heavy atom. The summed E-state index contributed by atoms with van der Waals surface area (Å²) in [6.07, 6.45) is 2.32. The van der Waals surface area contributed by atoms with Gasteiger partial charge in [-0.05, 0) is 67.3 Å². The summed E-state index contributed by atoms with van der Waals surface area (Å²) in [6.45, 7) is 0.251. The van der Waals surface area contributed by atoms with Crippen LogP contribution in [0.4, 0.5) is 5.69 Å². The Labute approximate surface area is 202 Å². The predicted octanol–water partition coefficient (Wildman–Crippen LogP) is 1.99. The van der Waals surface area contributed by atoms with E-state index < -0.39 is 11.9 Å². The Bertz CT molecular complexity index is 1150. The van der Waals surface area contributed by atoms with Crippen LogP contribution in [0.5, 0.6) is 5.75 Å². The largest absolute Gasteiger partial charge is 0.490 e. The summed E-state index contributed by atoms with van der Waals surface area (Å²) in [7, 11) is 0. The molecule has 1 saturated heterocycles. The Morgan fingerprint density at radius 1 is 1.09 bits per heavy atom. The summed E-state index contributed by atoms with van der Waals surface area (Å²) < 4.78 is 5.81. The second kappa shape index (κ2) is 9.44. The summed E-state index contributed by atoms with van der Waals surface area (Å²) in [5.41, 5.74) is 8.03. The first kappa shape index (κ1) is 23.7. The van der Waals surface area contributed by atoms with Crippen molar-refractivity contribution < 1.29 is 23.9 Å². The van der Waals surface area contributed by atoms with Crippen molar-refractivity contribution in [2.24, 2.45) is 5.73 Å². The Hall–Kier alpha value is -3.43. The number of nitrogens with two attached hydrogens (primary N) is 1. The van der Waals surface area contributed by atoms with Gasteiger partial charge < -0.3 is 20.7 Å². The van der Waals surface area contributed by atoms with Crippen LogP contribution >= 0.6 is 12.4 Å². The summed E-state index contributed by atoms with van der Waals surface area (Å²) in [5, 5.41) is 5.14. The average Bonchev–Trinajstić information content (AvgIpc) is 3.08. The molecule has 2 heterocycles. The van der Waals surface area contributed by atoms with Gasteiger partial charge >= 0.3 is 0 Å². The van der Waals surface area contributed by atoms with Crippen molar-refractivity contribution in [1.82, 2.24) is 10.2 Å². The molecular weight excluding hydrogens is 460 g/mol. The number of anilines is 1. The van der Waals surface area contributed by atoms with Crippen LogP contribution in [0.25, 0.3) is 0 Å². The molecule has 9 nitrogen and oxygen atoms in total. The van der Waals surface area contributed by atoms with E-state index in [1.165, 1.54) is 4.90 Å². The minimum atomic E-state index is -0.669. The maximum Gasteiger partial charge on any atom is 0.255 e. The molecule has 1 saturated carbocycles. The molecule has 1 unspecified atom stereocenters. The molecule has 4 N–H and O–H groups in total. The molecule has 2 aliphatic heterocycles. The van der Waals surface area contributed by atoms with E-state index in [2.05, 4.69) is 10.6 Å². The fourth-order valence-corrected chi connectivity index (χ4v) is 4.44. The van der Waals surface area contributed by atoms with Gasteiger partial charge in [0.15, 0.2) is 0 Å². The van der Waals surface area contributed by atoms with Gasteiger partial charge in [0, 0.05) is 35.8 Å². The Kier molecular flexibility index (Phi) is 6.58. The highest BCUT2D eigenvalue weighted by molar-refractivity contribution is 6.07. The maximum atomic E-state index is 12.8. The number of imide groups is 1. The van der Waals surface area contributed by atoms with Gasteiger partial charge in [0.1, 0.15) is 17.9 Å². The molecule has 10 heteroatoms. The first-order valence-electron chi connectivity index (χ1n) is 11.0. The number of benzene rings is 2. The second-order valence-corrected chi connectivity index (χ2v) is 8.72. The van der Waals surface area contributed by atoms with Gasteiger partial charge in [0.25, 0.3) is 11.8 Å². The Balaban J connectivity index is 0.00000274. The third kappa shape index (κ3) is 4.62. The van der Waals surface area contributed by atoms with E-state index in [1.807, 2.05) is 0 Å². The van der Waals surface area contributed by atoms with Crippen LogP contribution in [0.15, 0.2) is 42.5 Å². The number of fused-ring (bicyclic) bond motifs is 1. The van der Waals surface area contributed by atoms with Crippen LogP contribution in [0.2, 0.25) is 0 Å². The standard InChI is InChI=1S/C24H24N4O5.ClH/c25-15-10-18(11-15)33-17-4-1-13(2-5-17)22(30)26-16-3-6-19-14(9-16)12-28(24(19)32)20-7-8-21(29)27-23(20)31;/h1-6,9,15,18,20H,7-8,10-12,25H2,(H,26,30)(H,27,29,31);1H. The van der Waals surface area contributed by atoms with Crippen molar-refractivity contribution in [3.05, 3.63) is 59.2 Å². The molecule has 0 radical (unpaired) electrons. The van der Waals surface area contributed by atoms with Crippen molar-refractivity contribution in [3.63, 3.8) is 0 Å². The first-order chi connectivity index (χ1) is 15.9. The molecule has 0 aromatic heterocycles. The van der Waals surface area contributed by atoms with Crippen LogP contribution in [0, 0.1) is 0 Å². The lowest BCUT2D eigenvalue weighted by molar-refractivity contribution is -0.136. The molecule has 2 aromatic carbocycles. The van der Waals surface area contributed by atoms with Crippen molar-refractivity contribution in [3.8, 4) is 5.75 Å². The van der Waals surface area contributed by atoms with Gasteiger partial charge in [-0.15, -0.1) is 12.4 Å². The van der Waals surface area contributed by atoms with Gasteiger partial charge in [-0.25, -0.2) is 0 Å². The molecule has 1 atom stereocenters. The first-order valence-corrected chi connectivity index (χ1v) is 11.0. The van der Waals surface area contributed by atoms with Crippen molar-refractivity contribution in [2.45, 2.75) is 50.4 Å². The lowest BCUT2D eigenvalue weighted by Gasteiger charge is -2.32. The molecule has 34 heavy (non-hydrogen) atoms. The van der Waals surface area contributed by atoms with Gasteiger partial charge in [-0.3, -0.25) is 24.5 Å². The highest BCUT2D eigenvalue weighted by Gasteiger charge is 2.39. The maximum absolute atomic E-state index is 12.8. The lowest BCUT2D eigenvalue weighted by atomic mass is 9.90. The van der Waals surface area contributed by atoms with Crippen LogP contribution in [-0.2, 0) is 16.1 Å². The van der Waals surface area contributed by atoms with Crippen molar-refractivity contribution >= 4 is 41.7 Å². The van der Waals surface area contributed by atoms with Crippen molar-refractivity contribution in [1.29, 1.82) is 0 Å². The van der Waals surface area contributed by atoms with Gasteiger partial charge in [-0.2, -0.15) is 0 Å². The smallest absolute Gasteiger partial charge is 0.255 e. The van der Waals surface area contributed by atoms with E-state index >= 15 is 0 Å². The quantitative estimate of drug-likeness (QED) is 0.556. The highest BCUT2D eigenvalue weighted by atomic mass is 35.5. The van der Waals surface area contributed by atoms with E-state index in [9.17, 15) is 19.2 Å². The third-order valence-corrected chi connectivity index (χ3v) is 6.33. The molecule has 1 aliphatic carbocycles. The summed E-state index contributed by atoms with van der Waals surface area (Å²) in [5.74, 6) is -0.599. The monoisotopic (exact) mass is 484 g/mol. The van der Waals surface area contributed by atoms with E-state index in [0.29, 0.717) is 29.0 Å². The average molecular weight is 485 g/mol. The SMILES string of the molecule is Cl.NC1CC(Oc2ccc(C(=O)Nc3ccc4c(c3)CN(C3CCC(=O)NC3=O)C4=O)cc2)C1. The molecule has 0 spiro atoms. The molecule has 2 aromatic rings. The molecule has 0 bridgehead atoms. The number of halogens is 1. The Morgan fingerprint density at radius 3 is 2.50 bits per heavy atom. The third-order valence-electron chi connectivity index (χ3n) is 6.33. The number of nitrogens with zero attached hydrogens (tertiary/aromatic N) is 1. The number of carbonyl (C=O) groups excluding carboxylic acids is 4. The lowest BCUT2D eigenvalue weighted by Crippen LogP contribution is -2.52. The predicted molar refractivity (Wildman–Crippen MR) is 126 cm³/mol. The van der Waals surface area contributed by atoms with Gasteiger partial charge in [-0.1, -0.05) is 0 Å². The fraction of sp³-hybridized carbons (Fsp3) is 0.333. The number of rotatable bonds is 5. The minimum absolute atomic E-state index is 0. The number of hydrogen-bond donors (Lipinski definition) is 3. The highest BCUT2D eigenvalue weighted by Crippen LogP contribution is 2.30. The zero-order chi connectivity index (χ0) is 23.1. The molecule has 178 valence electrons. The van der Waals surface area contributed by atoms with Gasteiger partial charge in [0.2, 0.25) is 11.8 Å². The van der Waals surface area contributed by atoms with Crippen LogP contribution < -0.4 is 21.1 Å². The number of hydrogen-bond acceptors (Lipinski definition) is 6. The number of nitrogens with one attached hydrogen (secondary N) is 2. The van der Waals surface area contributed by atoms with Crippen LogP contribution in [0.1, 0.15) is 52.0 Å². The van der Waals surface area contributed by atoms with Gasteiger partial charge in [0.05, 0.1) is 0 Å². The van der Waals surface area contributed by atoms with Crippen molar-refractivity contribution in [2.75, 3.05) is 5.32 Å². The molecular formula is C24H25ClN4O5. The summed E-state index contributed by atoms with van der Waals surface area (Å²) in [4.78, 5) is 50.5. The number of amides is 4. The normalized spacial score (nSPS) is 23.4. The minimum Gasteiger partial charge on any atom is -0.490 e. The fourth-order valence-electron chi connectivity index (χ4n) is 4.44. The zero-order valence-corrected chi connectivity index (χ0v) is 19.1. The van der Waals surface area contributed by atoms with E-state index in [4.69, 9.17) is 10.5 Å². The molecule has 3 aliphatic rings. The molecule has 5 rings (SSSR count). The zero-order valence-electron chi connectivity index (χ0n) is 18.3. The number of piperidine rings is 1. The van der Waals surface area contributed by atoms with Crippen LogP contribution in [-0.4, -0.2) is 46.7 Å². The van der Waals surface area contributed by atoms with E-state index in [1.54, 1.807) is 42.5 Å². The topological polar surface area (TPSA) is 131 Å². The molecule has 4 amide bonds. The summed E-state index contributed by atoms with van der Waals surface area (Å²) in [6, 6.07) is 11.5. The number of ether oxygens (including phenoxy) is 1. The van der Waals surface area contributed by atoms with Crippen LogP contribution in [0.3, 0.4) is 0 Å². The molecule has 2 fully saturated rings. The second-order valence-electron chi connectivity index (χ2n) is 8.72. The summed E-state index contributed by atoms with van der Waals surface area (Å²) >= 11 is 0.